The number of aromatic nitrogens is 2. The van der Waals surface area contributed by atoms with E-state index in [1.54, 1.807) is 24.3 Å². The van der Waals surface area contributed by atoms with Gasteiger partial charge >= 0.3 is 0 Å². The molecule has 1 amide bonds. The quantitative estimate of drug-likeness (QED) is 0.629. The minimum Gasteiger partial charge on any atom is -0.396 e. The predicted octanol–water partition coefficient (Wildman–Crippen LogP) is 3.03. The smallest absolute Gasteiger partial charge is 0.261 e. The Kier molecular flexibility index (Phi) is 4.63. The Balaban J connectivity index is 1.94. The zero-order valence-electron chi connectivity index (χ0n) is 14.3. The minimum absolute atomic E-state index is 0.0362. The topological polar surface area (TPSA) is 84.2 Å². The van der Waals surface area contributed by atoms with Crippen LogP contribution in [0.25, 0.3) is 22.6 Å². The number of halogens is 1. The number of aliphatic hydroxyl groups is 1. The molecule has 0 atom stereocenters. The molecule has 2 heterocycles. The average molecular weight is 426 g/mol. The van der Waals surface area contributed by atoms with E-state index >= 15 is 0 Å². The molecule has 0 fully saturated rings. The van der Waals surface area contributed by atoms with Gasteiger partial charge in [-0.2, -0.15) is 0 Å². The van der Waals surface area contributed by atoms with Gasteiger partial charge in [0.1, 0.15) is 5.82 Å². The second-order valence-electron chi connectivity index (χ2n) is 6.22. The highest BCUT2D eigenvalue weighted by Gasteiger charge is 2.25. The fraction of sp³-hybridized carbons (Fsp3) is 0.150. The van der Waals surface area contributed by atoms with E-state index in [0.29, 0.717) is 35.3 Å². The van der Waals surface area contributed by atoms with Crippen LogP contribution < -0.4 is 10.9 Å². The number of carbonyl (C=O) groups is 1. The van der Waals surface area contributed by atoms with E-state index in [2.05, 4.69) is 26.2 Å². The maximum absolute atomic E-state index is 12.9. The summed E-state index contributed by atoms with van der Waals surface area (Å²) in [4.78, 5) is 30.0. The average Bonchev–Trinajstić information content (AvgIpc) is 2.96. The van der Waals surface area contributed by atoms with Gasteiger partial charge in [0.25, 0.3) is 11.5 Å². The van der Waals surface area contributed by atoms with Gasteiger partial charge in [0.05, 0.1) is 16.5 Å². The van der Waals surface area contributed by atoms with Gasteiger partial charge in [0, 0.05) is 28.9 Å². The van der Waals surface area contributed by atoms with Crippen molar-refractivity contribution in [2.45, 2.75) is 13.0 Å². The van der Waals surface area contributed by atoms with Gasteiger partial charge < -0.3 is 10.4 Å². The number of hydrogen-bond acceptors (Lipinski definition) is 4. The largest absolute Gasteiger partial charge is 0.396 e. The first-order chi connectivity index (χ1) is 13.1. The molecule has 0 aliphatic carbocycles. The summed E-state index contributed by atoms with van der Waals surface area (Å²) in [7, 11) is 0. The van der Waals surface area contributed by atoms with E-state index in [9.17, 15) is 14.7 Å². The van der Waals surface area contributed by atoms with Crippen LogP contribution in [0.1, 0.15) is 17.8 Å². The van der Waals surface area contributed by atoms with Gasteiger partial charge in [0.15, 0.2) is 0 Å². The molecule has 1 aliphatic rings. The van der Waals surface area contributed by atoms with Crippen molar-refractivity contribution in [3.8, 4) is 0 Å². The molecular formula is C20H16BrN3O3. The van der Waals surface area contributed by atoms with Crippen molar-refractivity contribution in [1.82, 2.24) is 9.55 Å². The summed E-state index contributed by atoms with van der Waals surface area (Å²) in [5, 5.41) is 12.5. The van der Waals surface area contributed by atoms with Crippen molar-refractivity contribution in [3.63, 3.8) is 0 Å². The fourth-order valence-corrected chi connectivity index (χ4v) is 3.53. The van der Waals surface area contributed by atoms with Gasteiger partial charge in [-0.25, -0.2) is 4.98 Å². The molecule has 0 saturated carbocycles. The molecule has 3 aromatic rings. The van der Waals surface area contributed by atoms with Crippen LogP contribution in [-0.2, 0) is 11.3 Å². The number of hydrogen-bond donors (Lipinski definition) is 2. The van der Waals surface area contributed by atoms with E-state index in [1.807, 2.05) is 24.3 Å². The summed E-state index contributed by atoms with van der Waals surface area (Å²) >= 11 is 3.43. The number of benzene rings is 2. The van der Waals surface area contributed by atoms with Crippen molar-refractivity contribution in [3.05, 3.63) is 68.7 Å². The van der Waals surface area contributed by atoms with Crippen molar-refractivity contribution in [1.29, 1.82) is 0 Å². The summed E-state index contributed by atoms with van der Waals surface area (Å²) in [6, 6.07) is 12.6. The monoisotopic (exact) mass is 425 g/mol. The summed E-state index contributed by atoms with van der Waals surface area (Å²) in [5.74, 6) is 0.157. The van der Waals surface area contributed by atoms with Gasteiger partial charge in [0.2, 0.25) is 0 Å². The fourth-order valence-electron chi connectivity index (χ4n) is 3.17. The molecule has 1 aliphatic heterocycles. The third-order valence-electron chi connectivity index (χ3n) is 4.47. The van der Waals surface area contributed by atoms with E-state index < -0.39 is 0 Å². The Morgan fingerprint density at radius 3 is 2.81 bits per heavy atom. The molecule has 0 bridgehead atoms. The van der Waals surface area contributed by atoms with Crippen molar-refractivity contribution in [2.75, 3.05) is 11.9 Å². The summed E-state index contributed by atoms with van der Waals surface area (Å²) in [6.45, 7) is 0.283. The van der Waals surface area contributed by atoms with Crippen LogP contribution >= 0.6 is 15.9 Å². The molecule has 136 valence electrons. The molecule has 6 nitrogen and oxygen atoms in total. The van der Waals surface area contributed by atoms with Crippen LogP contribution in [0.4, 0.5) is 5.69 Å². The lowest BCUT2D eigenvalue weighted by molar-refractivity contribution is -0.110. The number of para-hydroxylation sites is 1. The Morgan fingerprint density at radius 1 is 1.19 bits per heavy atom. The van der Waals surface area contributed by atoms with E-state index in [-0.39, 0.29) is 18.1 Å². The maximum atomic E-state index is 12.9. The molecular weight excluding hydrogens is 410 g/mol. The van der Waals surface area contributed by atoms with Gasteiger partial charge in [-0.3, -0.25) is 14.2 Å². The number of amides is 1. The predicted molar refractivity (Wildman–Crippen MR) is 108 cm³/mol. The Hall–Kier alpha value is -2.77. The standard InChI is InChI=1S/C20H16BrN3O3/c21-12-6-7-17-14(10-12)15(19(26)23-17)11-18-22-16-5-2-1-4-13(16)20(27)24(18)8-3-9-25/h1-2,4-7,10-11,25H,3,8-9H2,(H,23,26)/b15-11+. The van der Waals surface area contributed by atoms with E-state index in [1.165, 1.54) is 4.57 Å². The van der Waals surface area contributed by atoms with Gasteiger partial charge in [-0.05, 0) is 42.8 Å². The number of nitrogens with zero attached hydrogens (tertiary/aromatic N) is 2. The first-order valence-electron chi connectivity index (χ1n) is 8.52. The molecule has 0 saturated heterocycles. The van der Waals surface area contributed by atoms with Crippen molar-refractivity contribution < 1.29 is 9.90 Å². The molecule has 0 spiro atoms. The highest BCUT2D eigenvalue weighted by molar-refractivity contribution is 9.10. The Labute approximate surface area is 163 Å². The maximum Gasteiger partial charge on any atom is 0.261 e. The van der Waals surface area contributed by atoms with Crippen molar-refractivity contribution in [2.24, 2.45) is 0 Å². The van der Waals surface area contributed by atoms with Crippen LogP contribution in [0.15, 0.2) is 51.7 Å². The first kappa shape index (κ1) is 17.6. The molecule has 0 unspecified atom stereocenters. The lowest BCUT2D eigenvalue weighted by Crippen LogP contribution is -2.24. The van der Waals surface area contributed by atoms with Crippen LogP contribution in [0.5, 0.6) is 0 Å². The van der Waals surface area contributed by atoms with E-state index in [4.69, 9.17) is 0 Å². The lowest BCUT2D eigenvalue weighted by atomic mass is 10.1. The van der Waals surface area contributed by atoms with Crippen LogP contribution in [-0.4, -0.2) is 27.2 Å². The SMILES string of the molecule is O=C1Nc2ccc(Br)cc2/C1=C\c1nc2ccccc2c(=O)n1CCCO. The third kappa shape index (κ3) is 3.20. The Bertz CT molecular complexity index is 1150. The zero-order valence-corrected chi connectivity index (χ0v) is 15.9. The highest BCUT2D eigenvalue weighted by Crippen LogP contribution is 2.34. The van der Waals surface area contributed by atoms with Crippen LogP contribution in [0, 0.1) is 0 Å². The second kappa shape index (κ2) is 7.09. The first-order valence-corrected chi connectivity index (χ1v) is 9.31. The van der Waals surface area contributed by atoms with Crippen LogP contribution in [0.2, 0.25) is 0 Å². The third-order valence-corrected chi connectivity index (χ3v) is 4.96. The minimum atomic E-state index is -0.237. The molecule has 2 aromatic carbocycles. The lowest BCUT2D eigenvalue weighted by Gasteiger charge is -2.11. The van der Waals surface area contributed by atoms with Crippen LogP contribution in [0.3, 0.4) is 0 Å². The number of anilines is 1. The molecule has 4 rings (SSSR count). The summed E-state index contributed by atoms with van der Waals surface area (Å²) in [6.07, 6.45) is 2.06. The molecule has 7 heteroatoms. The zero-order chi connectivity index (χ0) is 19.0. The number of nitrogens with one attached hydrogen (secondary N) is 1. The van der Waals surface area contributed by atoms with Gasteiger partial charge in [-0.1, -0.05) is 28.1 Å². The normalized spacial score (nSPS) is 14.6. The Morgan fingerprint density at radius 2 is 2.00 bits per heavy atom. The number of aliphatic hydroxyl groups excluding tert-OH is 1. The molecule has 27 heavy (non-hydrogen) atoms. The molecule has 1 aromatic heterocycles. The number of rotatable bonds is 4. The highest BCUT2D eigenvalue weighted by atomic mass is 79.9. The van der Waals surface area contributed by atoms with Crippen molar-refractivity contribution >= 4 is 50.1 Å². The number of carbonyl (C=O) groups excluding carboxylic acids is 1. The second-order valence-corrected chi connectivity index (χ2v) is 7.14. The van der Waals surface area contributed by atoms with E-state index in [0.717, 1.165) is 15.7 Å². The number of fused-ring (bicyclic) bond motifs is 2. The summed E-state index contributed by atoms with van der Waals surface area (Å²) in [5.41, 5.74) is 2.31. The summed E-state index contributed by atoms with van der Waals surface area (Å²) < 4.78 is 2.36. The molecule has 2 N–H and O–H groups in total. The van der Waals surface area contributed by atoms with Gasteiger partial charge in [-0.15, -0.1) is 0 Å². The molecule has 0 radical (unpaired) electrons.